The third-order valence-electron chi connectivity index (χ3n) is 2.99. The van der Waals surface area contributed by atoms with Crippen molar-refractivity contribution in [2.75, 3.05) is 11.9 Å². The largest absolute Gasteiger partial charge is 0.475 e. The van der Waals surface area contributed by atoms with Gasteiger partial charge in [0.1, 0.15) is 11.8 Å². The molecule has 2 rings (SSSR count). The van der Waals surface area contributed by atoms with Crippen LogP contribution in [0.15, 0.2) is 34.7 Å². The van der Waals surface area contributed by atoms with Crippen LogP contribution in [0.3, 0.4) is 0 Å². The second-order valence-electron chi connectivity index (χ2n) is 4.52. The fraction of sp³-hybridized carbons (Fsp3) is 0.200. The fourth-order valence-electron chi connectivity index (χ4n) is 2.06. The highest BCUT2D eigenvalue weighted by Crippen LogP contribution is 2.22. The first-order valence-corrected chi connectivity index (χ1v) is 6.05. The number of nitrogens with zero attached hydrogens (tertiary/aromatic N) is 2. The quantitative estimate of drug-likeness (QED) is 0.924. The summed E-state index contributed by atoms with van der Waals surface area (Å²) in [7, 11) is 1.83. The highest BCUT2D eigenvalue weighted by Gasteiger charge is 2.16. The summed E-state index contributed by atoms with van der Waals surface area (Å²) in [5.74, 6) is -0.564. The maximum atomic E-state index is 10.9. The van der Waals surface area contributed by atoms with Crippen LogP contribution in [0, 0.1) is 18.3 Å². The van der Waals surface area contributed by atoms with Crippen molar-refractivity contribution >= 4 is 11.7 Å². The lowest BCUT2D eigenvalue weighted by Gasteiger charge is -2.18. The first kappa shape index (κ1) is 13.7. The zero-order valence-corrected chi connectivity index (χ0v) is 11.3. The summed E-state index contributed by atoms with van der Waals surface area (Å²) < 4.78 is 5.32. The molecular formula is C15H14N2O3. The van der Waals surface area contributed by atoms with E-state index in [1.807, 2.05) is 24.1 Å². The predicted octanol–water partition coefficient (Wildman–Crippen LogP) is 2.79. The molecule has 102 valence electrons. The summed E-state index contributed by atoms with van der Waals surface area (Å²) in [5.41, 5.74) is 1.94. The molecule has 2 aromatic rings. The predicted molar refractivity (Wildman–Crippen MR) is 73.7 cm³/mol. The molecule has 0 bridgehead atoms. The van der Waals surface area contributed by atoms with E-state index in [0.717, 1.165) is 5.69 Å². The first-order valence-electron chi connectivity index (χ1n) is 6.05. The van der Waals surface area contributed by atoms with Crippen LogP contribution in [0.4, 0.5) is 5.69 Å². The van der Waals surface area contributed by atoms with E-state index < -0.39 is 5.97 Å². The minimum Gasteiger partial charge on any atom is -0.475 e. The van der Waals surface area contributed by atoms with E-state index in [2.05, 4.69) is 6.07 Å². The summed E-state index contributed by atoms with van der Waals surface area (Å²) in [6.45, 7) is 2.09. The van der Waals surface area contributed by atoms with E-state index in [-0.39, 0.29) is 5.76 Å². The molecule has 0 aliphatic carbocycles. The number of anilines is 1. The molecule has 0 atom stereocenters. The smallest absolute Gasteiger partial charge is 0.372 e. The van der Waals surface area contributed by atoms with Crippen molar-refractivity contribution in [1.82, 2.24) is 0 Å². The van der Waals surface area contributed by atoms with Crippen molar-refractivity contribution in [3.8, 4) is 6.07 Å². The Labute approximate surface area is 116 Å². The number of furan rings is 1. The van der Waals surface area contributed by atoms with Crippen molar-refractivity contribution < 1.29 is 14.3 Å². The van der Waals surface area contributed by atoms with Gasteiger partial charge in [-0.15, -0.1) is 0 Å². The van der Waals surface area contributed by atoms with Crippen LogP contribution in [0.5, 0.6) is 0 Å². The number of hydrogen-bond donors (Lipinski definition) is 1. The molecule has 1 aromatic carbocycles. The number of hydrogen-bond acceptors (Lipinski definition) is 4. The molecule has 1 aromatic heterocycles. The topological polar surface area (TPSA) is 77.5 Å². The van der Waals surface area contributed by atoms with Crippen molar-refractivity contribution in [2.45, 2.75) is 13.5 Å². The highest BCUT2D eigenvalue weighted by molar-refractivity contribution is 5.86. The van der Waals surface area contributed by atoms with Gasteiger partial charge < -0.3 is 14.4 Å². The van der Waals surface area contributed by atoms with Crippen molar-refractivity contribution in [1.29, 1.82) is 5.26 Å². The van der Waals surface area contributed by atoms with Gasteiger partial charge >= 0.3 is 5.97 Å². The number of carbonyl (C=O) groups is 1. The Bertz CT molecular complexity index is 683. The molecule has 5 nitrogen and oxygen atoms in total. The van der Waals surface area contributed by atoms with Crippen LogP contribution >= 0.6 is 0 Å². The number of carboxylic acids is 1. The Morgan fingerprint density at radius 3 is 2.75 bits per heavy atom. The molecule has 0 spiro atoms. The zero-order valence-electron chi connectivity index (χ0n) is 11.3. The molecule has 0 radical (unpaired) electrons. The molecule has 0 saturated carbocycles. The molecule has 5 heteroatoms. The van der Waals surface area contributed by atoms with Crippen molar-refractivity contribution in [3.05, 3.63) is 53.0 Å². The van der Waals surface area contributed by atoms with Gasteiger partial charge in [-0.1, -0.05) is 12.1 Å². The number of carboxylic acid groups (broad SMARTS) is 1. The summed E-state index contributed by atoms with van der Waals surface area (Å²) in [4.78, 5) is 12.8. The van der Waals surface area contributed by atoms with Gasteiger partial charge in [0.05, 0.1) is 17.8 Å². The van der Waals surface area contributed by atoms with Gasteiger partial charge in [-0.2, -0.15) is 5.26 Å². The van der Waals surface area contributed by atoms with E-state index >= 15 is 0 Å². The first-order chi connectivity index (χ1) is 9.52. The molecular weight excluding hydrogens is 256 g/mol. The maximum absolute atomic E-state index is 10.9. The molecule has 20 heavy (non-hydrogen) atoms. The van der Waals surface area contributed by atoms with Gasteiger partial charge in [0.15, 0.2) is 0 Å². The average Bonchev–Trinajstić information content (AvgIpc) is 2.79. The molecule has 0 saturated heterocycles. The number of rotatable bonds is 4. The van der Waals surface area contributed by atoms with E-state index in [1.54, 1.807) is 25.1 Å². The Morgan fingerprint density at radius 1 is 1.45 bits per heavy atom. The lowest BCUT2D eigenvalue weighted by Crippen LogP contribution is -2.17. The Kier molecular flexibility index (Phi) is 3.76. The van der Waals surface area contributed by atoms with Gasteiger partial charge in [0, 0.05) is 12.6 Å². The average molecular weight is 270 g/mol. The maximum Gasteiger partial charge on any atom is 0.372 e. The normalized spacial score (nSPS) is 10.1. The molecule has 0 unspecified atom stereocenters. The number of nitriles is 1. The Balaban J connectivity index is 2.24. The molecule has 0 aliphatic rings. The number of aryl methyl sites for hydroxylation is 1. The highest BCUT2D eigenvalue weighted by atomic mass is 16.4. The third kappa shape index (κ3) is 2.64. The second-order valence-corrected chi connectivity index (χ2v) is 4.52. The molecule has 1 N–H and O–H groups in total. The molecule has 0 amide bonds. The van der Waals surface area contributed by atoms with E-state index in [4.69, 9.17) is 14.8 Å². The van der Waals surface area contributed by atoms with E-state index in [1.165, 1.54) is 0 Å². The van der Waals surface area contributed by atoms with Crippen LogP contribution in [0.2, 0.25) is 0 Å². The fourth-order valence-corrected chi connectivity index (χ4v) is 2.06. The molecule has 0 fully saturated rings. The number of aromatic carboxylic acids is 1. The molecule has 1 heterocycles. The van der Waals surface area contributed by atoms with Crippen LogP contribution in [0.25, 0.3) is 0 Å². The lowest BCUT2D eigenvalue weighted by molar-refractivity contribution is 0.0659. The summed E-state index contributed by atoms with van der Waals surface area (Å²) in [5, 5.41) is 18.0. The van der Waals surface area contributed by atoms with Crippen LogP contribution in [-0.4, -0.2) is 18.1 Å². The minimum atomic E-state index is -1.08. The van der Waals surface area contributed by atoms with E-state index in [9.17, 15) is 4.79 Å². The van der Waals surface area contributed by atoms with Gasteiger partial charge in [-0.25, -0.2) is 4.79 Å². The summed E-state index contributed by atoms with van der Waals surface area (Å²) >= 11 is 0. The lowest BCUT2D eigenvalue weighted by atomic mass is 10.2. The van der Waals surface area contributed by atoms with Crippen LogP contribution in [0.1, 0.15) is 27.4 Å². The van der Waals surface area contributed by atoms with Crippen molar-refractivity contribution in [2.24, 2.45) is 0 Å². The van der Waals surface area contributed by atoms with Gasteiger partial charge in [0.25, 0.3) is 0 Å². The summed E-state index contributed by atoms with van der Waals surface area (Å²) in [6.07, 6.45) is 0. The Morgan fingerprint density at radius 2 is 2.15 bits per heavy atom. The van der Waals surface area contributed by atoms with Crippen molar-refractivity contribution in [3.63, 3.8) is 0 Å². The second kappa shape index (κ2) is 5.49. The van der Waals surface area contributed by atoms with Crippen LogP contribution < -0.4 is 4.90 Å². The third-order valence-corrected chi connectivity index (χ3v) is 2.99. The molecule has 0 aliphatic heterocycles. The summed E-state index contributed by atoms with van der Waals surface area (Å²) in [6, 6.07) is 11.1. The van der Waals surface area contributed by atoms with Crippen LogP contribution in [-0.2, 0) is 6.54 Å². The zero-order chi connectivity index (χ0) is 14.7. The number of benzene rings is 1. The standard InChI is InChI=1S/C15H14N2O3/c1-10-7-12(20-14(10)15(18)19)9-17(2)13-6-4-3-5-11(13)8-16/h3-7H,9H2,1-2H3,(H,18,19). The SMILES string of the molecule is Cc1cc(CN(C)c2ccccc2C#N)oc1C(=O)O. The number of para-hydroxylation sites is 1. The van der Waals surface area contributed by atoms with E-state index in [0.29, 0.717) is 23.4 Å². The Hall–Kier alpha value is -2.74. The monoisotopic (exact) mass is 270 g/mol. The van der Waals surface area contributed by atoms with Gasteiger partial charge in [0.2, 0.25) is 5.76 Å². The van der Waals surface area contributed by atoms with Gasteiger partial charge in [-0.05, 0) is 25.1 Å². The van der Waals surface area contributed by atoms with Gasteiger partial charge in [-0.3, -0.25) is 0 Å². The minimum absolute atomic E-state index is 0.0398.